The molecule has 0 saturated carbocycles. The number of hydrogen-bond acceptors (Lipinski definition) is 5. The summed E-state index contributed by atoms with van der Waals surface area (Å²) in [4.78, 5) is 13.6. The molecule has 0 aliphatic carbocycles. The first-order valence-corrected chi connectivity index (χ1v) is 4.19. The smallest absolute Gasteiger partial charge is 0.287 e. The van der Waals surface area contributed by atoms with E-state index in [1.165, 1.54) is 18.3 Å². The first-order chi connectivity index (χ1) is 7.09. The summed E-state index contributed by atoms with van der Waals surface area (Å²) >= 11 is 4.51. The van der Waals surface area contributed by atoms with Gasteiger partial charge in [0.1, 0.15) is 6.20 Å². The number of aromatic nitrogens is 1. The van der Waals surface area contributed by atoms with Crippen LogP contribution in [0.25, 0.3) is 0 Å². The summed E-state index contributed by atoms with van der Waals surface area (Å²) < 4.78 is 0. The van der Waals surface area contributed by atoms with Crippen LogP contribution in [0.15, 0.2) is 23.4 Å². The zero-order chi connectivity index (χ0) is 11.3. The van der Waals surface area contributed by atoms with Gasteiger partial charge in [0.15, 0.2) is 5.11 Å². The Hall–Kier alpha value is -2.09. The van der Waals surface area contributed by atoms with Crippen molar-refractivity contribution in [3.05, 3.63) is 34.1 Å². The molecular weight excluding hydrogens is 218 g/mol. The quantitative estimate of drug-likeness (QED) is 0.328. The van der Waals surface area contributed by atoms with Crippen molar-refractivity contribution in [2.24, 2.45) is 10.8 Å². The molecule has 1 aromatic rings. The van der Waals surface area contributed by atoms with E-state index < -0.39 is 4.92 Å². The maximum atomic E-state index is 10.3. The van der Waals surface area contributed by atoms with Gasteiger partial charge in [-0.1, -0.05) is 0 Å². The summed E-state index contributed by atoms with van der Waals surface area (Å²) in [5.41, 5.74) is 7.84. The van der Waals surface area contributed by atoms with Gasteiger partial charge in [0.2, 0.25) is 0 Å². The van der Waals surface area contributed by atoms with Crippen LogP contribution in [0.3, 0.4) is 0 Å². The van der Waals surface area contributed by atoms with Gasteiger partial charge in [-0.05, 0) is 18.3 Å². The van der Waals surface area contributed by atoms with Crippen LogP contribution >= 0.6 is 12.2 Å². The second-order valence-electron chi connectivity index (χ2n) is 2.43. The Kier molecular flexibility index (Phi) is 3.63. The van der Waals surface area contributed by atoms with Crippen LogP contribution in [0.1, 0.15) is 5.69 Å². The molecular formula is C7H7N5O2S. The minimum atomic E-state index is -0.527. The highest BCUT2D eigenvalue weighted by Crippen LogP contribution is 2.07. The van der Waals surface area contributed by atoms with E-state index in [4.69, 9.17) is 5.73 Å². The molecule has 0 atom stereocenters. The van der Waals surface area contributed by atoms with E-state index in [1.54, 1.807) is 0 Å². The molecule has 0 saturated heterocycles. The predicted octanol–water partition coefficient (Wildman–Crippen LogP) is 0.157. The fraction of sp³-hybridized carbons (Fsp3) is 0. The molecule has 15 heavy (non-hydrogen) atoms. The third-order valence-electron chi connectivity index (χ3n) is 1.35. The maximum absolute atomic E-state index is 10.3. The van der Waals surface area contributed by atoms with Crippen LogP contribution in [0.4, 0.5) is 5.69 Å². The van der Waals surface area contributed by atoms with Gasteiger partial charge in [-0.25, -0.2) is 4.98 Å². The van der Waals surface area contributed by atoms with Gasteiger partial charge in [-0.15, -0.1) is 0 Å². The molecule has 3 N–H and O–H groups in total. The summed E-state index contributed by atoms with van der Waals surface area (Å²) in [7, 11) is 0. The topological polar surface area (TPSA) is 106 Å². The number of hydrogen-bond donors (Lipinski definition) is 2. The molecule has 0 spiro atoms. The van der Waals surface area contributed by atoms with Gasteiger partial charge in [0.25, 0.3) is 5.69 Å². The Morgan fingerprint density at radius 3 is 2.93 bits per heavy atom. The Morgan fingerprint density at radius 2 is 2.47 bits per heavy atom. The molecule has 1 rings (SSSR count). The van der Waals surface area contributed by atoms with Crippen molar-refractivity contribution in [3.8, 4) is 0 Å². The number of hydrazone groups is 1. The molecule has 1 heterocycles. The Bertz CT molecular complexity index is 402. The lowest BCUT2D eigenvalue weighted by atomic mass is 10.3. The highest BCUT2D eigenvalue weighted by Gasteiger charge is 2.03. The largest absolute Gasteiger partial charge is 0.375 e. The standard InChI is InChI=1S/C7H7N5O2S/c8-7(15)11-10-3-5-1-2-6(4-9-5)12(13)14/h1-4H,(H3,8,11,15)/b10-3+. The van der Waals surface area contributed by atoms with E-state index >= 15 is 0 Å². The van der Waals surface area contributed by atoms with Crippen molar-refractivity contribution in [1.82, 2.24) is 10.4 Å². The van der Waals surface area contributed by atoms with Crippen molar-refractivity contribution in [2.45, 2.75) is 0 Å². The zero-order valence-corrected chi connectivity index (χ0v) is 8.27. The molecule has 0 radical (unpaired) electrons. The van der Waals surface area contributed by atoms with Crippen LogP contribution in [0.2, 0.25) is 0 Å². The predicted molar refractivity (Wildman–Crippen MR) is 58.4 cm³/mol. The van der Waals surface area contributed by atoms with Gasteiger partial charge in [0, 0.05) is 6.07 Å². The lowest BCUT2D eigenvalue weighted by Crippen LogP contribution is -2.24. The SMILES string of the molecule is NC(=S)N/N=C/c1ccc([N+](=O)[O-])cn1. The van der Waals surface area contributed by atoms with E-state index in [0.717, 1.165) is 6.20 Å². The molecule has 78 valence electrons. The molecule has 7 nitrogen and oxygen atoms in total. The molecule has 8 heteroatoms. The number of nitro groups is 1. The van der Waals surface area contributed by atoms with Gasteiger partial charge in [-0.3, -0.25) is 15.5 Å². The van der Waals surface area contributed by atoms with Crippen LogP contribution in [0, 0.1) is 10.1 Å². The van der Waals surface area contributed by atoms with Gasteiger partial charge in [-0.2, -0.15) is 5.10 Å². The van der Waals surface area contributed by atoms with Crippen molar-refractivity contribution >= 4 is 29.2 Å². The first-order valence-electron chi connectivity index (χ1n) is 3.78. The number of thiocarbonyl (C=S) groups is 1. The number of rotatable bonds is 3. The fourth-order valence-corrected chi connectivity index (χ4v) is 0.797. The summed E-state index contributed by atoms with van der Waals surface area (Å²) in [5, 5.41) is 14.0. The first kappa shape index (κ1) is 11.0. The molecule has 0 aliphatic rings. The van der Waals surface area contributed by atoms with Gasteiger partial charge < -0.3 is 5.73 Å². The third-order valence-corrected chi connectivity index (χ3v) is 1.44. The number of nitrogens with one attached hydrogen (secondary N) is 1. The van der Waals surface area contributed by atoms with Gasteiger partial charge >= 0.3 is 0 Å². The lowest BCUT2D eigenvalue weighted by molar-refractivity contribution is -0.385. The summed E-state index contributed by atoms with van der Waals surface area (Å²) in [5.74, 6) is 0. The fourth-order valence-electron chi connectivity index (χ4n) is 0.744. The molecule has 0 amide bonds. The Morgan fingerprint density at radius 1 is 1.73 bits per heavy atom. The lowest BCUT2D eigenvalue weighted by Gasteiger charge is -1.94. The number of nitrogens with zero attached hydrogens (tertiary/aromatic N) is 3. The minimum Gasteiger partial charge on any atom is -0.375 e. The highest BCUT2D eigenvalue weighted by molar-refractivity contribution is 7.80. The van der Waals surface area contributed by atoms with Crippen molar-refractivity contribution < 1.29 is 4.92 Å². The van der Waals surface area contributed by atoms with E-state index in [1.807, 2.05) is 0 Å². The Balaban J connectivity index is 2.68. The van der Waals surface area contributed by atoms with Crippen molar-refractivity contribution in [3.63, 3.8) is 0 Å². The van der Waals surface area contributed by atoms with Gasteiger partial charge in [0.05, 0.1) is 16.8 Å². The molecule has 1 aromatic heterocycles. The van der Waals surface area contributed by atoms with E-state index in [-0.39, 0.29) is 10.8 Å². The van der Waals surface area contributed by atoms with E-state index in [2.05, 4.69) is 27.7 Å². The average Bonchev–Trinajstić information content (AvgIpc) is 2.18. The van der Waals surface area contributed by atoms with E-state index in [0.29, 0.717) is 5.69 Å². The average molecular weight is 225 g/mol. The second-order valence-corrected chi connectivity index (χ2v) is 2.87. The minimum absolute atomic E-state index is 0.0353. The van der Waals surface area contributed by atoms with Crippen LogP contribution < -0.4 is 11.2 Å². The third kappa shape index (κ3) is 3.65. The van der Waals surface area contributed by atoms with E-state index in [9.17, 15) is 10.1 Å². The normalized spacial score (nSPS) is 10.1. The van der Waals surface area contributed by atoms with Crippen LogP contribution in [-0.2, 0) is 0 Å². The van der Waals surface area contributed by atoms with Crippen LogP contribution in [0.5, 0.6) is 0 Å². The summed E-state index contributed by atoms with van der Waals surface area (Å²) in [6.07, 6.45) is 2.49. The molecule has 0 unspecified atom stereocenters. The Labute approximate surface area is 90.1 Å². The number of nitrogens with two attached hydrogens (primary N) is 1. The number of pyridine rings is 1. The summed E-state index contributed by atoms with van der Waals surface area (Å²) in [6.45, 7) is 0. The molecule has 0 fully saturated rings. The molecule has 0 aromatic carbocycles. The second kappa shape index (κ2) is 4.96. The summed E-state index contributed by atoms with van der Waals surface area (Å²) in [6, 6.07) is 2.79. The molecule has 0 bridgehead atoms. The highest BCUT2D eigenvalue weighted by atomic mass is 32.1. The zero-order valence-electron chi connectivity index (χ0n) is 7.45. The van der Waals surface area contributed by atoms with Crippen molar-refractivity contribution in [2.75, 3.05) is 0 Å². The van der Waals surface area contributed by atoms with Crippen molar-refractivity contribution in [1.29, 1.82) is 0 Å². The van der Waals surface area contributed by atoms with Crippen LogP contribution in [-0.4, -0.2) is 21.2 Å². The maximum Gasteiger partial charge on any atom is 0.287 e. The molecule has 0 aliphatic heterocycles. The monoisotopic (exact) mass is 225 g/mol.